The van der Waals surface area contributed by atoms with Crippen LogP contribution in [0.2, 0.25) is 0 Å². The molecule has 2 aliphatic heterocycles. The van der Waals surface area contributed by atoms with Crippen LogP contribution in [-0.2, 0) is 25.5 Å². The Labute approximate surface area is 232 Å². The van der Waals surface area contributed by atoms with Crippen LogP contribution in [0.4, 0.5) is 4.79 Å². The second-order valence-corrected chi connectivity index (χ2v) is 11.1. The summed E-state index contributed by atoms with van der Waals surface area (Å²) in [6, 6.07) is 7.52. The Hall–Kier alpha value is -2.80. The third-order valence-corrected chi connectivity index (χ3v) is 8.56. The van der Waals surface area contributed by atoms with Gasteiger partial charge in [-0.15, -0.1) is 0 Å². The minimum atomic E-state index is -0.895. The van der Waals surface area contributed by atoms with Crippen molar-refractivity contribution in [1.82, 2.24) is 26.3 Å². The number of urea groups is 1. The summed E-state index contributed by atoms with van der Waals surface area (Å²) in [6.45, 7) is 2.46. The largest absolute Gasteiger partial charge is 0.480 e. The van der Waals surface area contributed by atoms with Gasteiger partial charge in [-0.2, -0.15) is 11.8 Å². The Kier molecular flexibility index (Phi) is 11.3. The molecule has 2 aliphatic rings. The maximum atomic E-state index is 12.0. The van der Waals surface area contributed by atoms with E-state index < -0.39 is 12.0 Å². The average molecular weight is 562 g/mol. The molecule has 4 atom stereocenters. The summed E-state index contributed by atoms with van der Waals surface area (Å²) >= 11 is 1.89. The van der Waals surface area contributed by atoms with Gasteiger partial charge in [0.05, 0.1) is 38.5 Å². The number of carboxylic acids is 1. The molecule has 11 nitrogen and oxygen atoms in total. The number of H-pyrrole nitrogens is 1. The molecular formula is C27H39N5O6S. The van der Waals surface area contributed by atoms with Gasteiger partial charge in [0.1, 0.15) is 6.04 Å². The first kappa shape index (κ1) is 29.2. The molecule has 1 aromatic heterocycles. The number of amides is 3. The van der Waals surface area contributed by atoms with E-state index in [1.54, 1.807) is 0 Å². The number of aromatic nitrogens is 1. The van der Waals surface area contributed by atoms with Crippen molar-refractivity contribution >= 4 is 40.6 Å². The summed E-state index contributed by atoms with van der Waals surface area (Å²) in [6.07, 6.45) is 5.52. The Balaban J connectivity index is 0.958. The van der Waals surface area contributed by atoms with E-state index in [2.05, 4.69) is 26.3 Å². The van der Waals surface area contributed by atoms with Crippen LogP contribution in [0, 0.1) is 0 Å². The molecule has 39 heavy (non-hydrogen) atoms. The van der Waals surface area contributed by atoms with Crippen molar-refractivity contribution in [3.8, 4) is 0 Å². The van der Waals surface area contributed by atoms with Crippen LogP contribution in [0.1, 0.15) is 31.2 Å². The van der Waals surface area contributed by atoms with E-state index in [1.165, 1.54) is 0 Å². The Morgan fingerprint density at radius 3 is 2.69 bits per heavy atom. The average Bonchev–Trinajstić information content (AvgIpc) is 3.61. The van der Waals surface area contributed by atoms with E-state index in [1.807, 2.05) is 42.2 Å². The van der Waals surface area contributed by atoms with Crippen molar-refractivity contribution in [3.05, 3.63) is 36.0 Å². The number of benzene rings is 1. The van der Waals surface area contributed by atoms with Crippen molar-refractivity contribution < 1.29 is 29.0 Å². The molecule has 0 radical (unpaired) electrons. The van der Waals surface area contributed by atoms with Gasteiger partial charge in [0, 0.05) is 54.0 Å². The van der Waals surface area contributed by atoms with E-state index in [0.717, 1.165) is 41.5 Å². The number of aliphatic carboxylic acids is 1. The third-order valence-electron chi connectivity index (χ3n) is 7.06. The molecule has 0 bridgehead atoms. The van der Waals surface area contributed by atoms with Crippen LogP contribution < -0.4 is 21.3 Å². The third kappa shape index (κ3) is 8.85. The fourth-order valence-corrected chi connectivity index (χ4v) is 6.56. The highest BCUT2D eigenvalue weighted by molar-refractivity contribution is 8.00. The second-order valence-electron chi connectivity index (χ2n) is 9.85. The summed E-state index contributed by atoms with van der Waals surface area (Å²) in [4.78, 5) is 38.3. The van der Waals surface area contributed by atoms with E-state index in [0.29, 0.717) is 57.6 Å². The van der Waals surface area contributed by atoms with Gasteiger partial charge < -0.3 is 40.8 Å². The molecule has 0 aliphatic carbocycles. The Bertz CT molecular complexity index is 1100. The van der Waals surface area contributed by atoms with Crippen LogP contribution >= 0.6 is 11.8 Å². The molecule has 4 rings (SSSR count). The lowest BCUT2D eigenvalue weighted by atomic mass is 10.0. The number of rotatable bonds is 18. The van der Waals surface area contributed by atoms with E-state index in [4.69, 9.17) is 9.47 Å². The number of para-hydroxylation sites is 1. The summed E-state index contributed by atoms with van der Waals surface area (Å²) in [5, 5.41) is 22.9. The van der Waals surface area contributed by atoms with Gasteiger partial charge in [0.25, 0.3) is 0 Å². The zero-order valence-corrected chi connectivity index (χ0v) is 22.9. The number of nitrogens with one attached hydrogen (secondary N) is 5. The van der Waals surface area contributed by atoms with E-state index >= 15 is 0 Å². The summed E-state index contributed by atoms with van der Waals surface area (Å²) in [5.74, 6) is 0.0799. The highest BCUT2D eigenvalue weighted by atomic mass is 32.2. The van der Waals surface area contributed by atoms with Crippen LogP contribution in [0.25, 0.3) is 10.9 Å². The van der Waals surface area contributed by atoms with Gasteiger partial charge in [0.15, 0.2) is 0 Å². The molecule has 0 spiro atoms. The van der Waals surface area contributed by atoms with Crippen LogP contribution in [0.3, 0.4) is 0 Å². The lowest BCUT2D eigenvalue weighted by Gasteiger charge is -2.16. The number of hydrogen-bond acceptors (Lipinski definition) is 7. The zero-order valence-electron chi connectivity index (χ0n) is 22.1. The van der Waals surface area contributed by atoms with Gasteiger partial charge in [-0.3, -0.25) is 9.59 Å². The molecule has 12 heteroatoms. The monoisotopic (exact) mass is 561 g/mol. The van der Waals surface area contributed by atoms with Crippen molar-refractivity contribution in [1.29, 1.82) is 0 Å². The first-order valence-corrected chi connectivity index (χ1v) is 14.7. The normalized spacial score (nSPS) is 20.9. The van der Waals surface area contributed by atoms with Gasteiger partial charge >= 0.3 is 12.0 Å². The standard InChI is InChI=1S/C27H39N5O6S/c33-24(8-4-3-7-23-25-22(17-39-23)31-27(36)32-25)29-10-12-38-14-13-37-11-9-28-21(26(34)35)15-18-16-30-20-6-2-1-5-19(18)20/h1-2,5-6,16,21-23,25,28,30H,3-4,7-15,17H2,(H,29,33)(H,34,35)(H2,31,32,36)/t21-,22-,23-,25-/m0/s1. The molecule has 214 valence electrons. The van der Waals surface area contributed by atoms with Gasteiger partial charge in [-0.05, 0) is 24.5 Å². The zero-order chi connectivity index (χ0) is 27.5. The smallest absolute Gasteiger partial charge is 0.321 e. The molecule has 3 amide bonds. The maximum absolute atomic E-state index is 12.0. The second kappa shape index (κ2) is 15.1. The number of thioether (sulfide) groups is 1. The fraction of sp³-hybridized carbons (Fsp3) is 0.593. The number of fused-ring (bicyclic) bond motifs is 2. The quantitative estimate of drug-likeness (QED) is 0.119. The summed E-state index contributed by atoms with van der Waals surface area (Å²) < 4.78 is 11.0. The molecule has 2 aromatic rings. The predicted octanol–water partition coefficient (Wildman–Crippen LogP) is 1.63. The van der Waals surface area contributed by atoms with Crippen molar-refractivity contribution in [3.63, 3.8) is 0 Å². The van der Waals surface area contributed by atoms with Crippen LogP contribution in [0.15, 0.2) is 30.5 Å². The number of carboxylic acid groups (broad SMARTS) is 1. The van der Waals surface area contributed by atoms with Crippen molar-refractivity contribution in [2.75, 3.05) is 45.3 Å². The molecule has 2 fully saturated rings. The molecular weight excluding hydrogens is 522 g/mol. The van der Waals surface area contributed by atoms with Crippen molar-refractivity contribution in [2.24, 2.45) is 0 Å². The molecule has 2 saturated heterocycles. The Morgan fingerprint density at radius 1 is 1.08 bits per heavy atom. The SMILES string of the molecule is O=C(CCCC[C@@H]1SC[C@@H]2NC(=O)N[C@@H]21)NCCOCCOCCN[C@@H](Cc1c[nH]c2ccccc12)C(=O)O. The molecule has 0 saturated carbocycles. The summed E-state index contributed by atoms with van der Waals surface area (Å²) in [7, 11) is 0. The number of unbranched alkanes of at least 4 members (excludes halogenated alkanes) is 1. The van der Waals surface area contributed by atoms with Crippen LogP contribution in [-0.4, -0.2) is 96.6 Å². The maximum Gasteiger partial charge on any atom is 0.321 e. The predicted molar refractivity (Wildman–Crippen MR) is 150 cm³/mol. The number of carbonyl (C=O) groups excluding carboxylic acids is 2. The van der Waals surface area contributed by atoms with E-state index in [-0.39, 0.29) is 24.0 Å². The van der Waals surface area contributed by atoms with Crippen molar-refractivity contribution in [2.45, 2.75) is 55.5 Å². The molecule has 3 heterocycles. The first-order chi connectivity index (χ1) is 19.0. The number of carbonyl (C=O) groups is 3. The Morgan fingerprint density at radius 2 is 1.87 bits per heavy atom. The van der Waals surface area contributed by atoms with E-state index in [9.17, 15) is 19.5 Å². The van der Waals surface area contributed by atoms with Gasteiger partial charge in [-0.25, -0.2) is 4.79 Å². The van der Waals surface area contributed by atoms with Crippen LogP contribution in [0.5, 0.6) is 0 Å². The molecule has 1 aromatic carbocycles. The first-order valence-electron chi connectivity index (χ1n) is 13.6. The fourth-order valence-electron chi connectivity index (χ4n) is 5.02. The highest BCUT2D eigenvalue weighted by Crippen LogP contribution is 2.33. The number of aromatic amines is 1. The topological polar surface area (TPSA) is 154 Å². The lowest BCUT2D eigenvalue weighted by Crippen LogP contribution is -2.40. The van der Waals surface area contributed by atoms with Gasteiger partial charge in [0.2, 0.25) is 5.91 Å². The van der Waals surface area contributed by atoms with Gasteiger partial charge in [-0.1, -0.05) is 24.6 Å². The number of hydrogen-bond donors (Lipinski definition) is 6. The highest BCUT2D eigenvalue weighted by Gasteiger charge is 2.42. The molecule has 6 N–H and O–H groups in total. The lowest BCUT2D eigenvalue weighted by molar-refractivity contribution is -0.139. The summed E-state index contributed by atoms with van der Waals surface area (Å²) in [5.41, 5.74) is 1.96. The minimum Gasteiger partial charge on any atom is -0.480 e. The minimum absolute atomic E-state index is 0.0225. The molecule has 0 unspecified atom stereocenters. The number of ether oxygens (including phenoxy) is 2.